The molecule has 0 fully saturated rings. The molecule has 0 unspecified atom stereocenters. The van der Waals surface area contributed by atoms with Gasteiger partial charge in [0.2, 0.25) is 0 Å². The van der Waals surface area contributed by atoms with E-state index >= 15 is 0 Å². The maximum Gasteiger partial charge on any atom is 0.256 e. The summed E-state index contributed by atoms with van der Waals surface area (Å²) in [6, 6.07) is 90.5. The van der Waals surface area contributed by atoms with Crippen LogP contribution in [0.2, 0.25) is 0 Å². The van der Waals surface area contributed by atoms with Gasteiger partial charge in [0, 0.05) is 45.1 Å². The zero-order chi connectivity index (χ0) is 65.1. The highest BCUT2D eigenvalue weighted by Crippen LogP contribution is 2.50. The van der Waals surface area contributed by atoms with Crippen molar-refractivity contribution in [1.29, 1.82) is 0 Å². The fourth-order valence-corrected chi connectivity index (χ4v) is 14.1. The van der Waals surface area contributed by atoms with E-state index < -0.39 is 0 Å². The molecule has 2 aliphatic heterocycles. The second-order valence-corrected chi connectivity index (χ2v) is 30.8. The minimum Gasteiger partial charge on any atom is -0.296 e. The number of fused-ring (bicyclic) bond motifs is 6. The van der Waals surface area contributed by atoms with Gasteiger partial charge in [0.1, 0.15) is 23.3 Å². The Labute approximate surface area is 552 Å². The SMILES string of the molecule is CC(C)(C)c1ccc(N(c2ccc3c(n2)N(c2ccccc2)c2cc(C(C)(C)C)cc4c2B3c2ccc(N(c3ccc(C(C)(C)C)cc3)c3ccc(C(C)(C)C)c5ccccc35)nc2N4c2ccccc2)c2ccc(C(C)(C)C)cc2-c2cccc3ccccc23)cc1. The highest BCUT2D eigenvalue weighted by atomic mass is 15.3. The molecule has 462 valence electrons. The molecule has 2 aromatic heterocycles. The van der Waals surface area contributed by atoms with Gasteiger partial charge < -0.3 is 0 Å². The van der Waals surface area contributed by atoms with Gasteiger partial charge in [0.15, 0.2) is 0 Å². The Kier molecular flexibility index (Phi) is 14.7. The van der Waals surface area contributed by atoms with Crippen LogP contribution in [-0.4, -0.2) is 16.7 Å². The predicted molar refractivity (Wildman–Crippen MR) is 399 cm³/mol. The lowest BCUT2D eigenvalue weighted by Crippen LogP contribution is -2.62. The molecule has 4 heterocycles. The van der Waals surface area contributed by atoms with Gasteiger partial charge in [-0.3, -0.25) is 19.6 Å². The van der Waals surface area contributed by atoms with Gasteiger partial charge in [0.05, 0.1) is 11.4 Å². The molecule has 0 amide bonds. The first-order valence-electron chi connectivity index (χ1n) is 33.2. The highest BCUT2D eigenvalue weighted by Gasteiger charge is 2.46. The van der Waals surface area contributed by atoms with Crippen molar-refractivity contribution < 1.29 is 0 Å². The van der Waals surface area contributed by atoms with Crippen molar-refractivity contribution in [2.75, 3.05) is 19.6 Å². The van der Waals surface area contributed by atoms with Gasteiger partial charge in [-0.1, -0.05) is 256 Å². The summed E-state index contributed by atoms with van der Waals surface area (Å²) in [6.45, 7) is 34.3. The number of pyridine rings is 2. The van der Waals surface area contributed by atoms with Crippen LogP contribution >= 0.6 is 0 Å². The van der Waals surface area contributed by atoms with Gasteiger partial charge in [-0.05, 0) is 184 Å². The van der Waals surface area contributed by atoms with Crippen LogP contribution in [0.25, 0.3) is 32.7 Å². The monoisotopic (exact) mass is 1210 g/mol. The third-order valence-corrected chi connectivity index (χ3v) is 19.2. The van der Waals surface area contributed by atoms with E-state index in [0.29, 0.717) is 0 Å². The molecular formula is C86H85BN6. The van der Waals surface area contributed by atoms with Crippen LogP contribution in [0.3, 0.4) is 0 Å². The van der Waals surface area contributed by atoms with Crippen molar-refractivity contribution in [2.24, 2.45) is 0 Å². The van der Waals surface area contributed by atoms with Crippen LogP contribution in [-0.2, 0) is 27.1 Å². The molecule has 0 aliphatic carbocycles. The van der Waals surface area contributed by atoms with Crippen molar-refractivity contribution in [2.45, 2.75) is 131 Å². The summed E-state index contributed by atoms with van der Waals surface area (Å²) < 4.78 is 0. The van der Waals surface area contributed by atoms with Gasteiger partial charge in [-0.15, -0.1) is 0 Å². The fourth-order valence-electron chi connectivity index (χ4n) is 14.1. The summed E-state index contributed by atoms with van der Waals surface area (Å²) in [5.41, 5.74) is 20.0. The zero-order valence-corrected chi connectivity index (χ0v) is 56.9. The van der Waals surface area contributed by atoms with Gasteiger partial charge >= 0.3 is 0 Å². The molecule has 0 atom stereocenters. The lowest BCUT2D eigenvalue weighted by atomic mass is 9.34. The molecule has 0 radical (unpaired) electrons. The lowest BCUT2D eigenvalue weighted by molar-refractivity contribution is 0.590. The maximum absolute atomic E-state index is 6.17. The quantitative estimate of drug-likeness (QED) is 0.134. The van der Waals surface area contributed by atoms with Gasteiger partial charge in [0.25, 0.3) is 6.71 Å². The molecule has 12 aromatic rings. The zero-order valence-electron chi connectivity index (χ0n) is 56.9. The Morgan fingerprint density at radius 1 is 0.323 bits per heavy atom. The number of rotatable bonds is 9. The first kappa shape index (κ1) is 60.8. The van der Waals surface area contributed by atoms with Crippen molar-refractivity contribution in [3.8, 4) is 11.1 Å². The summed E-state index contributed by atoms with van der Waals surface area (Å²) >= 11 is 0. The van der Waals surface area contributed by atoms with E-state index in [2.05, 4.69) is 366 Å². The Hall–Kier alpha value is -9.72. The number of anilines is 12. The van der Waals surface area contributed by atoms with Crippen LogP contribution in [0, 0.1) is 0 Å². The summed E-state index contributed by atoms with van der Waals surface area (Å²) in [5.74, 6) is 3.39. The average Bonchev–Trinajstić information content (AvgIpc) is 0.695. The Morgan fingerprint density at radius 2 is 0.753 bits per heavy atom. The third-order valence-electron chi connectivity index (χ3n) is 19.2. The van der Waals surface area contributed by atoms with Crippen LogP contribution < -0.4 is 36.0 Å². The molecule has 2 aliphatic rings. The van der Waals surface area contributed by atoms with Crippen molar-refractivity contribution in [3.63, 3.8) is 0 Å². The van der Waals surface area contributed by atoms with E-state index in [1.807, 2.05) is 0 Å². The minimum atomic E-state index is -0.264. The molecule has 10 aromatic carbocycles. The van der Waals surface area contributed by atoms with E-state index in [1.165, 1.54) is 60.4 Å². The first-order chi connectivity index (χ1) is 44.3. The van der Waals surface area contributed by atoms with Gasteiger partial charge in [-0.25, -0.2) is 9.97 Å². The molecule has 0 N–H and O–H groups in total. The fraction of sp³-hybridized carbons (Fsp3) is 0.233. The van der Waals surface area contributed by atoms with E-state index in [-0.39, 0.29) is 33.8 Å². The second kappa shape index (κ2) is 22.5. The highest BCUT2D eigenvalue weighted by molar-refractivity contribution is 7.00. The van der Waals surface area contributed by atoms with Crippen molar-refractivity contribution in [3.05, 3.63) is 270 Å². The van der Waals surface area contributed by atoms with Crippen molar-refractivity contribution in [1.82, 2.24) is 9.97 Å². The van der Waals surface area contributed by atoms with Crippen molar-refractivity contribution >= 4 is 113 Å². The van der Waals surface area contributed by atoms with Crippen LogP contribution in [0.1, 0.15) is 132 Å². The molecule has 7 heteroatoms. The largest absolute Gasteiger partial charge is 0.296 e. The number of hydrogen-bond donors (Lipinski definition) is 0. The number of benzene rings is 10. The van der Waals surface area contributed by atoms with E-state index in [1.54, 1.807) is 0 Å². The Bertz CT molecular complexity index is 4820. The van der Waals surface area contributed by atoms with Gasteiger partial charge in [-0.2, -0.15) is 0 Å². The normalized spacial score (nSPS) is 13.3. The molecule has 93 heavy (non-hydrogen) atoms. The molecule has 0 bridgehead atoms. The Balaban J connectivity index is 1.05. The molecular weight excluding hydrogens is 1130 g/mol. The summed E-state index contributed by atoms with van der Waals surface area (Å²) in [6.07, 6.45) is 0. The summed E-state index contributed by atoms with van der Waals surface area (Å²) in [5, 5.41) is 4.82. The van der Waals surface area contributed by atoms with Crippen LogP contribution in [0.4, 0.5) is 68.8 Å². The topological polar surface area (TPSA) is 38.7 Å². The standard InChI is InChI=1S/C86H85BN6/c1-82(2,3)57-37-42-63(43-38-57)90(73-50-46-70(86(13,14)15)67-34-24-25-35-68(67)73)77-51-47-71-80(88-77)92(61-29-18-16-19-30-61)75-54-60(85(10,11)12)55-76-79(75)87(71)72-48-52-78(89-81(72)93(76)62-31-20-17-21-32-62)91(64-44-39-58(40-45-64)83(4,5)6)74-49-41-59(84(7,8)9)53-69(74)66-36-26-28-56-27-22-23-33-65(56)66/h16-55H,1-15H3. The average molecular weight is 1210 g/mol. The number of hydrogen-bond acceptors (Lipinski definition) is 6. The number of para-hydroxylation sites is 2. The third kappa shape index (κ3) is 10.9. The lowest BCUT2D eigenvalue weighted by Gasteiger charge is -2.44. The smallest absolute Gasteiger partial charge is 0.256 e. The van der Waals surface area contributed by atoms with Crippen LogP contribution in [0.5, 0.6) is 0 Å². The minimum absolute atomic E-state index is 0.0288. The summed E-state index contributed by atoms with van der Waals surface area (Å²) in [4.78, 5) is 22.0. The molecule has 0 spiro atoms. The number of nitrogens with zero attached hydrogens (tertiary/aromatic N) is 6. The molecule has 0 saturated heterocycles. The number of aromatic nitrogens is 2. The predicted octanol–water partition coefficient (Wildman–Crippen LogP) is 22.0. The maximum atomic E-state index is 6.17. The molecule has 6 nitrogen and oxygen atoms in total. The second-order valence-electron chi connectivity index (χ2n) is 30.8. The molecule has 0 saturated carbocycles. The Morgan fingerprint density at radius 3 is 1.25 bits per heavy atom. The molecule has 14 rings (SSSR count). The summed E-state index contributed by atoms with van der Waals surface area (Å²) in [7, 11) is 0. The first-order valence-corrected chi connectivity index (χ1v) is 33.2. The van der Waals surface area contributed by atoms with Crippen LogP contribution in [0.15, 0.2) is 243 Å². The van der Waals surface area contributed by atoms with E-state index in [4.69, 9.17) is 9.97 Å². The van der Waals surface area contributed by atoms with E-state index in [0.717, 1.165) is 85.3 Å². The van der Waals surface area contributed by atoms with E-state index in [9.17, 15) is 0 Å².